The van der Waals surface area contributed by atoms with E-state index in [9.17, 15) is 0 Å². The molecule has 3 heteroatoms. The molecule has 0 aromatic heterocycles. The molecule has 0 atom stereocenters. The molecule has 4 aliphatic heterocycles. The van der Waals surface area contributed by atoms with E-state index in [0.717, 1.165) is 11.5 Å². The first-order valence-electron chi connectivity index (χ1n) is 10.7. The molecule has 0 amide bonds. The zero-order chi connectivity index (χ0) is 19.8. The second kappa shape index (κ2) is 4.65. The van der Waals surface area contributed by atoms with Crippen LogP contribution in [0.2, 0.25) is 0 Å². The van der Waals surface area contributed by atoms with Crippen molar-refractivity contribution in [3.63, 3.8) is 0 Å². The first-order valence-corrected chi connectivity index (χ1v) is 10.7. The topological polar surface area (TPSA) is 12.5 Å². The Hall–Kier alpha value is -3.46. The van der Waals surface area contributed by atoms with Gasteiger partial charge in [-0.05, 0) is 34.4 Å². The van der Waals surface area contributed by atoms with Crippen LogP contribution >= 0.6 is 0 Å². The number of hydrogen-bond donors (Lipinski definition) is 0. The van der Waals surface area contributed by atoms with Crippen LogP contribution in [0, 0.1) is 0 Å². The fourth-order valence-corrected chi connectivity index (χ4v) is 6.39. The minimum atomic E-state index is -0.0530. The number of nitrogens with zero attached hydrogens (tertiary/aromatic N) is 1. The van der Waals surface area contributed by atoms with Crippen molar-refractivity contribution in [2.24, 2.45) is 0 Å². The maximum Gasteiger partial charge on any atom is 0.337 e. The van der Waals surface area contributed by atoms with Gasteiger partial charge in [0.25, 0.3) is 0 Å². The molecule has 4 aromatic carbocycles. The largest absolute Gasteiger partial charge is 0.458 e. The number of benzene rings is 4. The van der Waals surface area contributed by atoms with Gasteiger partial charge in [-0.1, -0.05) is 74.5 Å². The molecule has 4 aromatic rings. The summed E-state index contributed by atoms with van der Waals surface area (Å²) in [6.07, 6.45) is 0. The van der Waals surface area contributed by atoms with Crippen molar-refractivity contribution in [3.05, 3.63) is 83.9 Å². The van der Waals surface area contributed by atoms with Gasteiger partial charge in [-0.3, -0.25) is 0 Å². The smallest absolute Gasteiger partial charge is 0.337 e. The first kappa shape index (κ1) is 15.4. The summed E-state index contributed by atoms with van der Waals surface area (Å²) < 4.78 is 6.48. The van der Waals surface area contributed by atoms with Gasteiger partial charge in [-0.15, -0.1) is 0 Å². The molecule has 0 saturated heterocycles. The van der Waals surface area contributed by atoms with Gasteiger partial charge < -0.3 is 9.55 Å². The standard InChI is InChI=1S/C27H18BNO/c1-27(2)19-11-3-9-17-15-7-5-13-21-23(15)28-24-16(8-6-14-22(24)30-21)18-10-4-12-20(27)26(18)29(28)25(17)19/h3-14H,1-2H3. The Morgan fingerprint density at radius 2 is 1.10 bits per heavy atom. The van der Waals surface area contributed by atoms with Crippen LogP contribution in [-0.2, 0) is 5.41 Å². The normalized spacial score (nSPS) is 16.7. The highest BCUT2D eigenvalue weighted by molar-refractivity contribution is 6.94. The van der Waals surface area contributed by atoms with E-state index in [1.165, 1.54) is 55.7 Å². The maximum absolute atomic E-state index is 6.48. The number of para-hydroxylation sites is 2. The molecule has 0 spiro atoms. The van der Waals surface area contributed by atoms with Crippen molar-refractivity contribution in [3.8, 4) is 33.8 Å². The SMILES string of the molecule is CC1(C)c2cccc3c2N2B4c5c(cccc5-3)Oc3cccc(c34)-c3cccc1c32. The van der Waals surface area contributed by atoms with Crippen LogP contribution in [0.1, 0.15) is 25.0 Å². The average Bonchev–Trinajstić information content (AvgIpc) is 2.77. The third kappa shape index (κ3) is 1.46. The van der Waals surface area contributed by atoms with E-state index in [0.29, 0.717) is 0 Å². The molecular weight excluding hydrogens is 365 g/mol. The molecule has 0 saturated carbocycles. The van der Waals surface area contributed by atoms with E-state index in [-0.39, 0.29) is 12.3 Å². The number of rotatable bonds is 0. The summed E-state index contributed by atoms with van der Waals surface area (Å²) >= 11 is 0. The molecule has 0 unspecified atom stereocenters. The molecule has 4 heterocycles. The molecular formula is C27H18BNO. The van der Waals surface area contributed by atoms with Crippen LogP contribution in [0.5, 0.6) is 11.5 Å². The Balaban J connectivity index is 1.66. The Bertz CT molecular complexity index is 1360. The summed E-state index contributed by atoms with van der Waals surface area (Å²) in [5.41, 5.74) is 13.4. The molecule has 0 aliphatic carbocycles. The summed E-state index contributed by atoms with van der Waals surface area (Å²) in [7, 11) is 0. The third-order valence-electron chi connectivity index (χ3n) is 7.64. The minimum absolute atomic E-state index is 0.0530. The van der Waals surface area contributed by atoms with Crippen molar-refractivity contribution in [2.45, 2.75) is 19.3 Å². The lowest BCUT2D eigenvalue weighted by Crippen LogP contribution is -2.63. The third-order valence-corrected chi connectivity index (χ3v) is 7.64. The number of ether oxygens (including phenoxy) is 1. The quantitative estimate of drug-likeness (QED) is 0.380. The van der Waals surface area contributed by atoms with Crippen LogP contribution in [0.15, 0.2) is 72.8 Å². The monoisotopic (exact) mass is 383 g/mol. The second-order valence-corrected chi connectivity index (χ2v) is 9.34. The molecule has 140 valence electrons. The predicted molar refractivity (Wildman–Crippen MR) is 123 cm³/mol. The maximum atomic E-state index is 6.48. The Kier molecular flexibility index (Phi) is 2.38. The lowest BCUT2D eigenvalue weighted by molar-refractivity contribution is 0.487. The summed E-state index contributed by atoms with van der Waals surface area (Å²) in [5, 5.41) is 0. The zero-order valence-corrected chi connectivity index (χ0v) is 16.9. The van der Waals surface area contributed by atoms with Crippen molar-refractivity contribution in [1.29, 1.82) is 0 Å². The van der Waals surface area contributed by atoms with E-state index in [2.05, 4.69) is 91.5 Å². The van der Waals surface area contributed by atoms with Gasteiger partial charge in [0, 0.05) is 38.8 Å². The van der Waals surface area contributed by atoms with E-state index in [1.54, 1.807) is 0 Å². The Morgan fingerprint density at radius 1 is 0.633 bits per heavy atom. The summed E-state index contributed by atoms with van der Waals surface area (Å²) in [6, 6.07) is 26.7. The van der Waals surface area contributed by atoms with Gasteiger partial charge in [0.2, 0.25) is 0 Å². The fraction of sp³-hybridized carbons (Fsp3) is 0.111. The van der Waals surface area contributed by atoms with Crippen LogP contribution in [0.25, 0.3) is 22.3 Å². The molecule has 0 radical (unpaired) electrons. The fourth-order valence-electron chi connectivity index (χ4n) is 6.39. The van der Waals surface area contributed by atoms with Crippen LogP contribution in [-0.4, -0.2) is 6.85 Å². The van der Waals surface area contributed by atoms with E-state index in [1.807, 2.05) is 0 Å². The van der Waals surface area contributed by atoms with E-state index >= 15 is 0 Å². The van der Waals surface area contributed by atoms with Crippen LogP contribution < -0.4 is 20.5 Å². The van der Waals surface area contributed by atoms with E-state index in [4.69, 9.17) is 4.74 Å². The van der Waals surface area contributed by atoms with Crippen molar-refractivity contribution in [2.75, 3.05) is 4.81 Å². The predicted octanol–water partition coefficient (Wildman–Crippen LogP) is 5.34. The molecule has 4 aliphatic rings. The summed E-state index contributed by atoms with van der Waals surface area (Å²) in [6.45, 7) is 4.91. The molecule has 30 heavy (non-hydrogen) atoms. The number of anilines is 2. The second-order valence-electron chi connectivity index (χ2n) is 9.34. The van der Waals surface area contributed by atoms with E-state index < -0.39 is 0 Å². The van der Waals surface area contributed by atoms with Gasteiger partial charge in [0.1, 0.15) is 11.5 Å². The Morgan fingerprint density at radius 3 is 1.63 bits per heavy atom. The molecule has 0 bridgehead atoms. The summed E-state index contributed by atoms with van der Waals surface area (Å²) in [5.74, 6) is 1.98. The molecule has 0 fully saturated rings. The number of hydrogen-bond acceptors (Lipinski definition) is 2. The highest BCUT2D eigenvalue weighted by atomic mass is 16.5. The summed E-state index contributed by atoms with van der Waals surface area (Å²) in [4.78, 5) is 2.63. The van der Waals surface area contributed by atoms with Gasteiger partial charge in [-0.2, -0.15) is 0 Å². The van der Waals surface area contributed by atoms with Gasteiger partial charge in [0.05, 0.1) is 0 Å². The molecule has 2 nitrogen and oxygen atoms in total. The van der Waals surface area contributed by atoms with Crippen molar-refractivity contribution < 1.29 is 4.74 Å². The highest BCUT2D eigenvalue weighted by Crippen LogP contribution is 2.58. The Labute approximate surface area is 175 Å². The van der Waals surface area contributed by atoms with Crippen LogP contribution in [0.3, 0.4) is 0 Å². The van der Waals surface area contributed by atoms with Gasteiger partial charge >= 0.3 is 6.85 Å². The van der Waals surface area contributed by atoms with Gasteiger partial charge in [-0.25, -0.2) is 0 Å². The molecule has 0 N–H and O–H groups in total. The van der Waals surface area contributed by atoms with Crippen molar-refractivity contribution >= 4 is 29.1 Å². The minimum Gasteiger partial charge on any atom is -0.458 e. The first-order chi connectivity index (χ1) is 14.7. The lowest BCUT2D eigenvalue weighted by atomic mass is 9.41. The number of fused-ring (bicyclic) bond motifs is 2. The lowest BCUT2D eigenvalue weighted by Gasteiger charge is -2.52. The molecule has 8 rings (SSSR count). The average molecular weight is 383 g/mol. The van der Waals surface area contributed by atoms with Crippen molar-refractivity contribution in [1.82, 2.24) is 0 Å². The van der Waals surface area contributed by atoms with Gasteiger partial charge in [0.15, 0.2) is 0 Å². The highest BCUT2D eigenvalue weighted by Gasteiger charge is 2.52. The zero-order valence-electron chi connectivity index (χ0n) is 16.9. The van der Waals surface area contributed by atoms with Crippen LogP contribution in [0.4, 0.5) is 11.4 Å².